The maximum absolute atomic E-state index is 10.9. The van der Waals surface area contributed by atoms with E-state index in [1.807, 2.05) is 55.3 Å². The summed E-state index contributed by atoms with van der Waals surface area (Å²) in [6, 6.07) is 15.5. The van der Waals surface area contributed by atoms with E-state index in [4.69, 9.17) is 15.2 Å². The third-order valence-corrected chi connectivity index (χ3v) is 8.24. The summed E-state index contributed by atoms with van der Waals surface area (Å²) in [6.07, 6.45) is 0. The standard InChI is InChI=1S/C13H17N3O3.C13H19N3O.C10H11N3O2/c1-9(2)13-11-8-10(16(17)18)4-5-12(11)15(14-13)6-7-19-3;1-9(2)13-11-8-10(14)4-5-12(11)16(15-13)6-7-17-3;1-6(2)10-8-5-7(13(14)15)3-4-9(8)11-12-10/h4-5,8-9H,6-7H2,1-3H3;4-5,8-9H,6-7,14H2,1-3H3;3-6H,1-2H3,(H,11,12). The zero-order valence-electron chi connectivity index (χ0n) is 30.4. The fourth-order valence-electron chi connectivity index (χ4n) is 5.65. The second-order valence-electron chi connectivity index (χ2n) is 13.0. The molecular formula is C36H47N9O6. The lowest BCUT2D eigenvalue weighted by Gasteiger charge is -2.02. The van der Waals surface area contributed by atoms with Gasteiger partial charge in [0, 0.05) is 66.0 Å². The molecule has 3 aromatic carbocycles. The third kappa shape index (κ3) is 9.04. The lowest BCUT2D eigenvalue weighted by Crippen LogP contribution is -2.06. The number of aromatic amines is 1. The number of nitrogens with zero attached hydrogens (tertiary/aromatic N) is 7. The number of fused-ring (bicyclic) bond motifs is 3. The first-order chi connectivity index (χ1) is 24.3. The zero-order chi connectivity index (χ0) is 37.4. The molecule has 0 saturated carbocycles. The van der Waals surface area contributed by atoms with Gasteiger partial charge in [-0.05, 0) is 48.1 Å². The second kappa shape index (κ2) is 17.0. The smallest absolute Gasteiger partial charge is 0.270 e. The Kier molecular flexibility index (Phi) is 12.8. The molecule has 3 heterocycles. The number of nitrogens with two attached hydrogens (primary N) is 1. The Balaban J connectivity index is 0.000000173. The van der Waals surface area contributed by atoms with Crippen molar-refractivity contribution in [3.63, 3.8) is 0 Å². The van der Waals surface area contributed by atoms with Crippen LogP contribution in [0.3, 0.4) is 0 Å². The van der Waals surface area contributed by atoms with Crippen molar-refractivity contribution < 1.29 is 19.3 Å². The molecule has 0 bridgehead atoms. The van der Waals surface area contributed by atoms with Crippen molar-refractivity contribution in [3.05, 3.63) is 91.9 Å². The highest BCUT2D eigenvalue weighted by atomic mass is 16.6. The Labute approximate surface area is 296 Å². The van der Waals surface area contributed by atoms with Gasteiger partial charge in [-0.25, -0.2) is 0 Å². The first kappa shape index (κ1) is 38.4. The molecule has 0 radical (unpaired) electrons. The summed E-state index contributed by atoms with van der Waals surface area (Å²) in [5.74, 6) is 0.883. The minimum atomic E-state index is -0.392. The topological polar surface area (TPSA) is 195 Å². The van der Waals surface area contributed by atoms with Gasteiger partial charge in [-0.15, -0.1) is 0 Å². The van der Waals surface area contributed by atoms with Crippen LogP contribution in [-0.2, 0) is 22.6 Å². The van der Waals surface area contributed by atoms with Gasteiger partial charge in [-0.1, -0.05) is 41.5 Å². The molecule has 51 heavy (non-hydrogen) atoms. The molecular weight excluding hydrogens is 654 g/mol. The van der Waals surface area contributed by atoms with Crippen LogP contribution >= 0.6 is 0 Å². The van der Waals surface area contributed by atoms with Gasteiger partial charge in [-0.2, -0.15) is 15.3 Å². The number of nitro groups is 2. The fourth-order valence-corrected chi connectivity index (χ4v) is 5.65. The largest absolute Gasteiger partial charge is 0.399 e. The summed E-state index contributed by atoms with van der Waals surface area (Å²) < 4.78 is 14.0. The van der Waals surface area contributed by atoms with Crippen molar-refractivity contribution in [1.29, 1.82) is 0 Å². The van der Waals surface area contributed by atoms with E-state index in [0.29, 0.717) is 25.7 Å². The molecule has 0 fully saturated rings. The Hall–Kier alpha value is -5.41. The molecule has 0 saturated heterocycles. The Bertz CT molecular complexity index is 2110. The highest BCUT2D eigenvalue weighted by Crippen LogP contribution is 2.29. The maximum atomic E-state index is 10.9. The number of rotatable bonds is 11. The summed E-state index contributed by atoms with van der Waals surface area (Å²) in [5, 5.41) is 40.5. The highest BCUT2D eigenvalue weighted by molar-refractivity contribution is 5.86. The van der Waals surface area contributed by atoms with Crippen LogP contribution in [0.25, 0.3) is 32.7 Å². The molecule has 0 aliphatic heterocycles. The van der Waals surface area contributed by atoms with Crippen LogP contribution in [0, 0.1) is 20.2 Å². The first-order valence-electron chi connectivity index (χ1n) is 16.8. The van der Waals surface area contributed by atoms with Gasteiger partial charge in [0.05, 0.1) is 64.1 Å². The molecule has 0 aliphatic carbocycles. The predicted molar refractivity (Wildman–Crippen MR) is 199 cm³/mol. The number of nitro benzene ring substituents is 2. The second-order valence-corrected chi connectivity index (χ2v) is 13.0. The molecule has 0 atom stereocenters. The summed E-state index contributed by atoms with van der Waals surface area (Å²) >= 11 is 0. The first-order valence-corrected chi connectivity index (χ1v) is 16.8. The van der Waals surface area contributed by atoms with Crippen molar-refractivity contribution in [2.75, 3.05) is 33.2 Å². The summed E-state index contributed by atoms with van der Waals surface area (Å²) in [6.45, 7) is 15.0. The lowest BCUT2D eigenvalue weighted by molar-refractivity contribution is -0.384. The average molecular weight is 702 g/mol. The average Bonchev–Trinajstić information content (AvgIpc) is 3.79. The van der Waals surface area contributed by atoms with Crippen LogP contribution in [0.15, 0.2) is 54.6 Å². The number of anilines is 1. The zero-order valence-corrected chi connectivity index (χ0v) is 30.4. The molecule has 15 nitrogen and oxygen atoms in total. The van der Waals surface area contributed by atoms with E-state index < -0.39 is 4.92 Å². The number of aromatic nitrogens is 6. The van der Waals surface area contributed by atoms with Gasteiger partial charge in [0.25, 0.3) is 11.4 Å². The van der Waals surface area contributed by atoms with Gasteiger partial charge < -0.3 is 15.2 Å². The van der Waals surface area contributed by atoms with E-state index in [2.05, 4.69) is 34.2 Å². The Morgan fingerprint density at radius 3 is 1.65 bits per heavy atom. The molecule has 3 aromatic heterocycles. The molecule has 0 amide bonds. The van der Waals surface area contributed by atoms with Crippen LogP contribution in [-0.4, -0.2) is 67.0 Å². The molecule has 0 spiro atoms. The van der Waals surface area contributed by atoms with E-state index >= 15 is 0 Å². The van der Waals surface area contributed by atoms with E-state index in [1.54, 1.807) is 38.5 Å². The van der Waals surface area contributed by atoms with Crippen LogP contribution in [0.1, 0.15) is 76.4 Å². The van der Waals surface area contributed by atoms with Crippen molar-refractivity contribution in [1.82, 2.24) is 29.8 Å². The molecule has 0 aliphatic rings. The lowest BCUT2D eigenvalue weighted by atomic mass is 10.1. The minimum Gasteiger partial charge on any atom is -0.399 e. The number of hydrogen-bond acceptors (Lipinski definition) is 10. The van der Waals surface area contributed by atoms with Gasteiger partial charge in [0.2, 0.25) is 0 Å². The Morgan fingerprint density at radius 2 is 1.18 bits per heavy atom. The van der Waals surface area contributed by atoms with Crippen molar-refractivity contribution in [2.45, 2.75) is 72.4 Å². The van der Waals surface area contributed by atoms with Gasteiger partial charge >= 0.3 is 0 Å². The molecule has 15 heteroatoms. The van der Waals surface area contributed by atoms with E-state index in [1.165, 1.54) is 12.1 Å². The molecule has 0 unspecified atom stereocenters. The number of H-pyrrole nitrogens is 1. The van der Waals surface area contributed by atoms with Crippen molar-refractivity contribution in [3.8, 4) is 0 Å². The normalized spacial score (nSPS) is 11.4. The monoisotopic (exact) mass is 701 g/mol. The van der Waals surface area contributed by atoms with Crippen molar-refractivity contribution in [2.24, 2.45) is 0 Å². The summed E-state index contributed by atoms with van der Waals surface area (Å²) in [7, 11) is 3.34. The molecule has 6 aromatic rings. The van der Waals surface area contributed by atoms with Crippen LogP contribution in [0.2, 0.25) is 0 Å². The predicted octanol–water partition coefficient (Wildman–Crippen LogP) is 7.70. The number of benzene rings is 3. The summed E-state index contributed by atoms with van der Waals surface area (Å²) in [5.41, 5.74) is 12.5. The number of nitrogen functional groups attached to an aromatic ring is 1. The number of hydrogen-bond donors (Lipinski definition) is 2. The van der Waals surface area contributed by atoms with Gasteiger partial charge in [0.1, 0.15) is 0 Å². The fraction of sp³-hybridized carbons (Fsp3) is 0.417. The quantitative estimate of drug-likeness (QED) is 0.0767. The van der Waals surface area contributed by atoms with Crippen molar-refractivity contribution >= 4 is 49.8 Å². The third-order valence-electron chi connectivity index (χ3n) is 8.24. The number of non-ortho nitro benzene ring substituents is 2. The molecule has 272 valence electrons. The molecule has 3 N–H and O–H groups in total. The van der Waals surface area contributed by atoms with Crippen LogP contribution < -0.4 is 5.73 Å². The van der Waals surface area contributed by atoms with Crippen LogP contribution in [0.5, 0.6) is 0 Å². The minimum absolute atomic E-state index is 0.0979. The van der Waals surface area contributed by atoms with E-state index in [-0.39, 0.29) is 28.1 Å². The molecule has 6 rings (SSSR count). The number of methoxy groups -OCH3 is 2. The number of nitrogens with one attached hydrogen (secondary N) is 1. The van der Waals surface area contributed by atoms with E-state index in [9.17, 15) is 20.2 Å². The maximum Gasteiger partial charge on any atom is 0.270 e. The summed E-state index contributed by atoms with van der Waals surface area (Å²) in [4.78, 5) is 20.7. The SMILES string of the molecule is CC(C)c1[nH]nc2ccc([N+](=O)[O-])cc12.COCCn1nc(C(C)C)c2cc(N)ccc21.COCCn1nc(C(C)C)c2cc([N+](=O)[O-])ccc21. The highest BCUT2D eigenvalue weighted by Gasteiger charge is 2.17. The number of ether oxygens (including phenoxy) is 2. The van der Waals surface area contributed by atoms with E-state index in [0.717, 1.165) is 62.0 Å². The van der Waals surface area contributed by atoms with Crippen LogP contribution in [0.4, 0.5) is 17.1 Å². The Morgan fingerprint density at radius 1 is 0.706 bits per heavy atom. The van der Waals surface area contributed by atoms with Gasteiger partial charge in [0.15, 0.2) is 0 Å². The van der Waals surface area contributed by atoms with Gasteiger partial charge in [-0.3, -0.25) is 34.7 Å².